The van der Waals surface area contributed by atoms with Gasteiger partial charge in [0, 0.05) is 11.9 Å². The minimum Gasteiger partial charge on any atom is -0.366 e. The number of hydrogen-bond donors (Lipinski definition) is 1. The second-order valence-corrected chi connectivity index (χ2v) is 4.40. The first-order valence-corrected chi connectivity index (χ1v) is 7.52. The Morgan fingerprint density at radius 3 is 2.62 bits per heavy atom. The van der Waals surface area contributed by atoms with Crippen molar-refractivity contribution in [3.63, 3.8) is 0 Å². The van der Waals surface area contributed by atoms with Crippen molar-refractivity contribution in [1.82, 2.24) is 9.97 Å². The molecule has 0 atom stereocenters. The molecule has 1 heterocycles. The van der Waals surface area contributed by atoms with Gasteiger partial charge in [0.15, 0.2) is 0 Å². The summed E-state index contributed by atoms with van der Waals surface area (Å²) in [6.45, 7) is 12.6. The highest BCUT2D eigenvalue weighted by Crippen LogP contribution is 2.20. The first kappa shape index (κ1) is 16.9. The van der Waals surface area contributed by atoms with Gasteiger partial charge < -0.3 is 5.32 Å². The number of anilines is 1. The van der Waals surface area contributed by atoms with E-state index in [0.717, 1.165) is 35.5 Å². The fourth-order valence-electron chi connectivity index (χ4n) is 1.99. The minimum atomic E-state index is 0.781. The van der Waals surface area contributed by atoms with Gasteiger partial charge >= 0.3 is 0 Å². The van der Waals surface area contributed by atoms with E-state index in [1.807, 2.05) is 57.2 Å². The Labute approximate surface area is 127 Å². The van der Waals surface area contributed by atoms with E-state index in [1.54, 1.807) is 0 Å². The maximum absolute atomic E-state index is 4.49. The van der Waals surface area contributed by atoms with E-state index >= 15 is 0 Å². The molecule has 0 aliphatic heterocycles. The number of nitrogens with zero attached hydrogens (tertiary/aromatic N) is 2. The molecule has 112 valence electrons. The highest BCUT2D eigenvalue weighted by Gasteiger charge is 2.05. The van der Waals surface area contributed by atoms with Crippen LogP contribution in [0, 0.1) is 6.92 Å². The molecule has 21 heavy (non-hydrogen) atoms. The van der Waals surface area contributed by atoms with E-state index in [4.69, 9.17) is 0 Å². The molecule has 2 aromatic rings. The summed E-state index contributed by atoms with van der Waals surface area (Å²) >= 11 is 0. The van der Waals surface area contributed by atoms with Gasteiger partial charge in [0.2, 0.25) is 0 Å². The summed E-state index contributed by atoms with van der Waals surface area (Å²) in [7, 11) is 0. The van der Waals surface area contributed by atoms with Crippen molar-refractivity contribution in [2.24, 2.45) is 0 Å². The lowest BCUT2D eigenvalue weighted by molar-refractivity contribution is 1.02. The zero-order valence-electron chi connectivity index (χ0n) is 13.5. The smallest absolute Gasteiger partial charge is 0.137 e. The van der Waals surface area contributed by atoms with Crippen molar-refractivity contribution < 1.29 is 0 Å². The monoisotopic (exact) mass is 283 g/mol. The van der Waals surface area contributed by atoms with Gasteiger partial charge in [-0.15, -0.1) is 0 Å². The molecule has 2 rings (SSSR count). The molecule has 0 fully saturated rings. The number of aryl methyl sites for hydroxylation is 1. The fraction of sp³-hybridized carbons (Fsp3) is 0.333. The van der Waals surface area contributed by atoms with Crippen LogP contribution in [0.25, 0.3) is 10.9 Å². The fourth-order valence-corrected chi connectivity index (χ4v) is 1.99. The predicted octanol–water partition coefficient (Wildman–Crippen LogP) is 4.90. The maximum Gasteiger partial charge on any atom is 0.137 e. The Morgan fingerprint density at radius 2 is 1.95 bits per heavy atom. The van der Waals surface area contributed by atoms with Gasteiger partial charge in [-0.2, -0.15) is 0 Å². The van der Waals surface area contributed by atoms with E-state index in [-0.39, 0.29) is 0 Å². The van der Waals surface area contributed by atoms with Crippen LogP contribution in [-0.4, -0.2) is 16.5 Å². The quantitative estimate of drug-likeness (QED) is 0.793. The molecular weight excluding hydrogens is 258 g/mol. The lowest BCUT2D eigenvalue weighted by Crippen LogP contribution is -2.07. The Balaban J connectivity index is 0.00000106. The number of fused-ring (bicyclic) bond motifs is 1. The molecule has 0 saturated heterocycles. The van der Waals surface area contributed by atoms with Crippen molar-refractivity contribution in [3.05, 3.63) is 54.4 Å². The number of nitrogens with one attached hydrogen (secondary N) is 1. The van der Waals surface area contributed by atoms with Crippen molar-refractivity contribution in [2.45, 2.75) is 34.1 Å². The topological polar surface area (TPSA) is 37.8 Å². The third-order valence-corrected chi connectivity index (χ3v) is 3.01. The van der Waals surface area contributed by atoms with E-state index in [0.29, 0.717) is 0 Å². The average Bonchev–Trinajstić information content (AvgIpc) is 2.53. The van der Waals surface area contributed by atoms with Gasteiger partial charge in [0.05, 0.1) is 5.52 Å². The molecule has 0 saturated carbocycles. The summed E-state index contributed by atoms with van der Waals surface area (Å²) in [6.07, 6.45) is 4.87. The molecule has 0 aliphatic rings. The van der Waals surface area contributed by atoms with E-state index in [1.165, 1.54) is 5.57 Å². The van der Waals surface area contributed by atoms with Crippen molar-refractivity contribution >= 4 is 16.7 Å². The van der Waals surface area contributed by atoms with Gasteiger partial charge in [-0.25, -0.2) is 9.97 Å². The molecule has 1 N–H and O–H groups in total. The second-order valence-electron chi connectivity index (χ2n) is 4.40. The maximum atomic E-state index is 4.49. The van der Waals surface area contributed by atoms with Crippen molar-refractivity contribution in [1.29, 1.82) is 0 Å². The number of aromatic nitrogens is 2. The first-order chi connectivity index (χ1) is 10.2. The zero-order valence-corrected chi connectivity index (χ0v) is 13.5. The average molecular weight is 283 g/mol. The van der Waals surface area contributed by atoms with E-state index in [9.17, 15) is 0 Å². The van der Waals surface area contributed by atoms with Gasteiger partial charge in [-0.3, -0.25) is 0 Å². The number of benzene rings is 1. The summed E-state index contributed by atoms with van der Waals surface area (Å²) in [5.41, 5.74) is 2.28. The molecule has 0 amide bonds. The van der Waals surface area contributed by atoms with Gasteiger partial charge in [0.1, 0.15) is 11.6 Å². The molecule has 1 aromatic heterocycles. The van der Waals surface area contributed by atoms with Crippen molar-refractivity contribution in [2.75, 3.05) is 11.9 Å². The minimum absolute atomic E-state index is 0.781. The standard InChI is InChI=1S/C16H19N3.C2H6/c1-4-8-13(5-2)11-17-16-14-9-6-7-10-15(14)18-12(3)19-16;1-2/h4,6-10H,1,5,11H2,2-3H3,(H,17,18,19);1-2H3/b13-8+;. The van der Waals surface area contributed by atoms with Crippen LogP contribution in [0.4, 0.5) is 5.82 Å². The summed E-state index contributed by atoms with van der Waals surface area (Å²) in [6, 6.07) is 8.05. The molecule has 0 radical (unpaired) electrons. The molecule has 0 aliphatic carbocycles. The van der Waals surface area contributed by atoms with Gasteiger partial charge in [0.25, 0.3) is 0 Å². The number of rotatable bonds is 5. The lowest BCUT2D eigenvalue weighted by atomic mass is 10.2. The van der Waals surface area contributed by atoms with Crippen LogP contribution in [0.5, 0.6) is 0 Å². The van der Waals surface area contributed by atoms with E-state index in [2.05, 4.69) is 28.8 Å². The van der Waals surface area contributed by atoms with Crippen LogP contribution < -0.4 is 5.32 Å². The Hall–Kier alpha value is -2.16. The predicted molar refractivity (Wildman–Crippen MR) is 92.7 cm³/mol. The molecule has 1 aromatic carbocycles. The molecule has 3 nitrogen and oxygen atoms in total. The van der Waals surface area contributed by atoms with Crippen LogP contribution >= 0.6 is 0 Å². The zero-order chi connectivity index (χ0) is 15.7. The summed E-state index contributed by atoms with van der Waals surface area (Å²) in [5, 5.41) is 4.45. The van der Waals surface area contributed by atoms with Crippen molar-refractivity contribution in [3.8, 4) is 0 Å². The Morgan fingerprint density at radius 1 is 1.24 bits per heavy atom. The summed E-state index contributed by atoms with van der Waals surface area (Å²) in [5.74, 6) is 1.68. The van der Waals surface area contributed by atoms with Gasteiger partial charge in [-0.05, 0) is 25.5 Å². The Bertz CT molecular complexity index is 615. The van der Waals surface area contributed by atoms with Crippen LogP contribution in [-0.2, 0) is 0 Å². The third kappa shape index (κ3) is 4.71. The molecular formula is C18H25N3. The first-order valence-electron chi connectivity index (χ1n) is 7.52. The molecule has 0 spiro atoms. The van der Waals surface area contributed by atoms with Crippen LogP contribution in [0.15, 0.2) is 48.6 Å². The van der Waals surface area contributed by atoms with Crippen LogP contribution in [0.3, 0.4) is 0 Å². The number of para-hydroxylation sites is 1. The number of allylic oxidation sites excluding steroid dienone is 2. The molecule has 0 bridgehead atoms. The highest BCUT2D eigenvalue weighted by atomic mass is 15.0. The molecule has 3 heteroatoms. The summed E-state index contributed by atoms with van der Waals surface area (Å²) < 4.78 is 0. The highest BCUT2D eigenvalue weighted by molar-refractivity contribution is 5.89. The van der Waals surface area contributed by atoms with Crippen LogP contribution in [0.2, 0.25) is 0 Å². The number of hydrogen-bond acceptors (Lipinski definition) is 3. The second kappa shape index (κ2) is 8.90. The summed E-state index contributed by atoms with van der Waals surface area (Å²) in [4.78, 5) is 8.93. The van der Waals surface area contributed by atoms with Crippen LogP contribution in [0.1, 0.15) is 33.0 Å². The largest absolute Gasteiger partial charge is 0.366 e. The SMILES string of the molecule is C=C/C=C(\CC)CNc1nc(C)nc2ccccc12.CC. The normalized spacial score (nSPS) is 10.8. The Kier molecular flexibility index (Phi) is 7.16. The third-order valence-electron chi connectivity index (χ3n) is 3.01. The van der Waals surface area contributed by atoms with Gasteiger partial charge in [-0.1, -0.05) is 57.2 Å². The van der Waals surface area contributed by atoms with E-state index < -0.39 is 0 Å². The molecule has 0 unspecified atom stereocenters. The lowest BCUT2D eigenvalue weighted by Gasteiger charge is -2.10.